The minimum Gasteiger partial charge on any atom is -0.504 e. The summed E-state index contributed by atoms with van der Waals surface area (Å²) in [5.74, 6) is 0.615. The van der Waals surface area contributed by atoms with Crippen LogP contribution in [-0.4, -0.2) is 46.9 Å². The Labute approximate surface area is 125 Å². The van der Waals surface area contributed by atoms with Gasteiger partial charge in [-0.3, -0.25) is 0 Å². The molecule has 1 fully saturated rings. The van der Waals surface area contributed by atoms with Crippen LogP contribution in [0.5, 0.6) is 11.5 Å². The molecule has 0 aliphatic carbocycles. The van der Waals surface area contributed by atoms with E-state index in [2.05, 4.69) is 4.90 Å². The third-order valence-corrected chi connectivity index (χ3v) is 3.71. The van der Waals surface area contributed by atoms with Gasteiger partial charge >= 0.3 is 0 Å². The number of phenolic OH excluding ortho intramolecular Hbond substituents is 1. The van der Waals surface area contributed by atoms with Crippen LogP contribution in [-0.2, 0) is 4.74 Å². The van der Waals surface area contributed by atoms with Crippen LogP contribution in [0.1, 0.15) is 26.3 Å². The van der Waals surface area contributed by atoms with E-state index in [-0.39, 0.29) is 18.0 Å². The third-order valence-electron chi connectivity index (χ3n) is 3.21. The van der Waals surface area contributed by atoms with Crippen molar-refractivity contribution in [1.82, 2.24) is 4.90 Å². The van der Waals surface area contributed by atoms with Crippen molar-refractivity contribution in [2.24, 2.45) is 0 Å². The van der Waals surface area contributed by atoms with E-state index in [0.717, 1.165) is 23.6 Å². The first-order valence-corrected chi connectivity index (χ1v) is 7.32. The molecular formula is C15H21NO3S. The standard InChI is InChI=1S/C15H21NO3S/c1-4-18-14-7-12(5-6-13(14)17)15(20)16-8-10(2)19-11(3)9-16/h5-7,10-11,17H,4,8-9H2,1-3H3/t10-,11-/m0/s1. The lowest BCUT2D eigenvalue weighted by Gasteiger charge is -2.37. The quantitative estimate of drug-likeness (QED) is 0.868. The second-order valence-electron chi connectivity index (χ2n) is 5.08. The number of thiocarbonyl (C=S) groups is 1. The molecule has 4 nitrogen and oxygen atoms in total. The lowest BCUT2D eigenvalue weighted by atomic mass is 10.1. The predicted octanol–water partition coefficient (Wildman–Crippen LogP) is 2.58. The van der Waals surface area contributed by atoms with Gasteiger partial charge in [-0.1, -0.05) is 12.2 Å². The Hall–Kier alpha value is -1.33. The van der Waals surface area contributed by atoms with Gasteiger partial charge < -0.3 is 19.5 Å². The first kappa shape index (κ1) is 15.1. The van der Waals surface area contributed by atoms with Crippen LogP contribution in [0.25, 0.3) is 0 Å². The molecule has 110 valence electrons. The van der Waals surface area contributed by atoms with E-state index in [1.54, 1.807) is 12.1 Å². The van der Waals surface area contributed by atoms with E-state index in [0.29, 0.717) is 12.4 Å². The number of ether oxygens (including phenoxy) is 2. The van der Waals surface area contributed by atoms with Crippen LogP contribution in [0.2, 0.25) is 0 Å². The number of aromatic hydroxyl groups is 1. The number of phenols is 1. The molecule has 1 aliphatic heterocycles. The normalized spacial score (nSPS) is 22.6. The monoisotopic (exact) mass is 295 g/mol. The largest absolute Gasteiger partial charge is 0.504 e. The van der Waals surface area contributed by atoms with Gasteiger partial charge in [-0.2, -0.15) is 0 Å². The van der Waals surface area contributed by atoms with Crippen LogP contribution in [0.4, 0.5) is 0 Å². The molecular weight excluding hydrogens is 274 g/mol. The molecule has 1 aromatic carbocycles. The van der Waals surface area contributed by atoms with Crippen molar-refractivity contribution >= 4 is 17.2 Å². The zero-order valence-electron chi connectivity index (χ0n) is 12.1. The summed E-state index contributed by atoms with van der Waals surface area (Å²) in [6, 6.07) is 5.25. The molecule has 0 unspecified atom stereocenters. The molecule has 0 spiro atoms. The topological polar surface area (TPSA) is 41.9 Å². The fraction of sp³-hybridized carbons (Fsp3) is 0.533. The zero-order chi connectivity index (χ0) is 14.7. The van der Waals surface area contributed by atoms with E-state index in [1.165, 1.54) is 0 Å². The molecule has 5 heteroatoms. The van der Waals surface area contributed by atoms with Gasteiger partial charge in [0.2, 0.25) is 0 Å². The maximum Gasteiger partial charge on any atom is 0.161 e. The summed E-state index contributed by atoms with van der Waals surface area (Å²) in [5.41, 5.74) is 0.891. The molecule has 0 radical (unpaired) electrons. The second kappa shape index (κ2) is 6.41. The number of benzene rings is 1. The van der Waals surface area contributed by atoms with Gasteiger partial charge in [0.25, 0.3) is 0 Å². The number of rotatable bonds is 3. The summed E-state index contributed by atoms with van der Waals surface area (Å²) in [6.45, 7) is 8.06. The van der Waals surface area contributed by atoms with Crippen molar-refractivity contribution in [2.75, 3.05) is 19.7 Å². The molecule has 0 bridgehead atoms. The Morgan fingerprint density at radius 2 is 2.05 bits per heavy atom. The Bertz CT molecular complexity index is 482. The minimum absolute atomic E-state index is 0.141. The lowest BCUT2D eigenvalue weighted by Crippen LogP contribution is -2.47. The van der Waals surface area contributed by atoms with E-state index >= 15 is 0 Å². The first-order valence-electron chi connectivity index (χ1n) is 6.91. The van der Waals surface area contributed by atoms with Gasteiger partial charge in [0.15, 0.2) is 11.5 Å². The molecule has 2 rings (SSSR count). The van der Waals surface area contributed by atoms with Crippen LogP contribution in [0, 0.1) is 0 Å². The third kappa shape index (κ3) is 3.41. The summed E-state index contributed by atoms with van der Waals surface area (Å²) in [7, 11) is 0. The highest BCUT2D eigenvalue weighted by Gasteiger charge is 2.24. The molecule has 20 heavy (non-hydrogen) atoms. The van der Waals surface area contributed by atoms with E-state index < -0.39 is 0 Å². The van der Waals surface area contributed by atoms with Crippen molar-refractivity contribution in [3.63, 3.8) is 0 Å². The number of nitrogens with zero attached hydrogens (tertiary/aromatic N) is 1. The number of morpholine rings is 1. The van der Waals surface area contributed by atoms with Gasteiger partial charge in [-0.05, 0) is 39.0 Å². The highest BCUT2D eigenvalue weighted by atomic mass is 32.1. The van der Waals surface area contributed by atoms with Crippen molar-refractivity contribution in [2.45, 2.75) is 33.0 Å². The van der Waals surface area contributed by atoms with Crippen LogP contribution < -0.4 is 4.74 Å². The average molecular weight is 295 g/mol. The summed E-state index contributed by atoms with van der Waals surface area (Å²) < 4.78 is 11.1. The van der Waals surface area contributed by atoms with E-state index in [4.69, 9.17) is 21.7 Å². The van der Waals surface area contributed by atoms with Gasteiger partial charge in [0.05, 0.1) is 18.8 Å². The van der Waals surface area contributed by atoms with Crippen LogP contribution >= 0.6 is 12.2 Å². The molecule has 2 atom stereocenters. The highest BCUT2D eigenvalue weighted by molar-refractivity contribution is 7.80. The van der Waals surface area contributed by atoms with Crippen molar-refractivity contribution in [1.29, 1.82) is 0 Å². The van der Waals surface area contributed by atoms with Crippen molar-refractivity contribution in [3.05, 3.63) is 23.8 Å². The van der Waals surface area contributed by atoms with E-state index in [1.807, 2.05) is 26.8 Å². The highest BCUT2D eigenvalue weighted by Crippen LogP contribution is 2.28. The molecule has 1 N–H and O–H groups in total. The Morgan fingerprint density at radius 3 is 2.65 bits per heavy atom. The molecule has 1 aliphatic rings. The Kier molecular flexibility index (Phi) is 4.83. The molecule has 1 aromatic rings. The maximum atomic E-state index is 9.74. The summed E-state index contributed by atoms with van der Waals surface area (Å²) >= 11 is 5.57. The Morgan fingerprint density at radius 1 is 1.40 bits per heavy atom. The molecule has 1 saturated heterocycles. The molecule has 0 saturated carbocycles. The minimum atomic E-state index is 0.141. The number of hydrogen-bond acceptors (Lipinski definition) is 4. The van der Waals surface area contributed by atoms with Gasteiger partial charge in [0.1, 0.15) is 4.99 Å². The maximum absolute atomic E-state index is 9.74. The smallest absolute Gasteiger partial charge is 0.161 e. The fourth-order valence-corrected chi connectivity index (χ4v) is 2.72. The molecule has 0 aromatic heterocycles. The second-order valence-corrected chi connectivity index (χ2v) is 5.47. The van der Waals surface area contributed by atoms with Gasteiger partial charge in [-0.25, -0.2) is 0 Å². The Balaban J connectivity index is 2.18. The summed E-state index contributed by atoms with van der Waals surface area (Å²) in [4.78, 5) is 2.92. The zero-order valence-corrected chi connectivity index (χ0v) is 12.9. The average Bonchev–Trinajstić information content (AvgIpc) is 2.39. The van der Waals surface area contributed by atoms with Crippen LogP contribution in [0.3, 0.4) is 0 Å². The number of hydrogen-bond donors (Lipinski definition) is 1. The van der Waals surface area contributed by atoms with Crippen LogP contribution in [0.15, 0.2) is 18.2 Å². The van der Waals surface area contributed by atoms with Crippen molar-refractivity contribution in [3.8, 4) is 11.5 Å². The van der Waals surface area contributed by atoms with Crippen molar-refractivity contribution < 1.29 is 14.6 Å². The molecule has 1 heterocycles. The first-order chi connectivity index (χ1) is 9.51. The summed E-state index contributed by atoms with van der Waals surface area (Å²) in [6.07, 6.45) is 0.334. The summed E-state index contributed by atoms with van der Waals surface area (Å²) in [5, 5.41) is 9.74. The van der Waals surface area contributed by atoms with Gasteiger partial charge in [0, 0.05) is 18.7 Å². The predicted molar refractivity (Wildman–Crippen MR) is 82.6 cm³/mol. The van der Waals surface area contributed by atoms with Gasteiger partial charge in [-0.15, -0.1) is 0 Å². The molecule has 0 amide bonds. The fourth-order valence-electron chi connectivity index (χ4n) is 2.44. The lowest BCUT2D eigenvalue weighted by molar-refractivity contribution is -0.0472. The van der Waals surface area contributed by atoms with E-state index in [9.17, 15) is 5.11 Å². The SMILES string of the molecule is CCOc1cc(C(=S)N2C[C@H](C)O[C@@H](C)C2)ccc1O.